The van der Waals surface area contributed by atoms with E-state index in [9.17, 15) is 0 Å². The third-order valence-corrected chi connectivity index (χ3v) is 5.85. The zero-order valence-electron chi connectivity index (χ0n) is 13.8. The molecular weight excluding hydrogens is 262 g/mol. The van der Waals surface area contributed by atoms with Gasteiger partial charge in [0.2, 0.25) is 0 Å². The van der Waals surface area contributed by atoms with Crippen LogP contribution in [-0.2, 0) is 6.42 Å². The summed E-state index contributed by atoms with van der Waals surface area (Å²) < 4.78 is 0. The second-order valence-electron chi connectivity index (χ2n) is 7.22. The van der Waals surface area contributed by atoms with Gasteiger partial charge in [-0.3, -0.25) is 0 Å². The number of hydrogen-bond donors (Lipinski definition) is 1. The molecule has 1 aliphatic rings. The van der Waals surface area contributed by atoms with E-state index in [1.165, 1.54) is 35.4 Å². The van der Waals surface area contributed by atoms with Gasteiger partial charge in [0.1, 0.15) is 0 Å². The molecule has 4 unspecified atom stereocenters. The maximum atomic E-state index is 3.95. The first-order valence-corrected chi connectivity index (χ1v) is 9.08. The second-order valence-corrected chi connectivity index (χ2v) is 8.59. The Hall–Kier alpha value is -0.340. The molecule has 0 spiro atoms. The Balaban J connectivity index is 1.91. The van der Waals surface area contributed by atoms with Crippen LogP contribution in [0.4, 0.5) is 0 Å². The minimum absolute atomic E-state index is 0.588. The molecule has 1 saturated carbocycles. The molecule has 0 radical (unpaired) electrons. The summed E-state index contributed by atoms with van der Waals surface area (Å²) in [5, 5.41) is 3.95. The molecule has 1 aromatic rings. The smallest absolute Gasteiger partial charge is 0.0103 e. The highest BCUT2D eigenvalue weighted by atomic mass is 32.1. The fourth-order valence-corrected chi connectivity index (χ4v) is 4.73. The van der Waals surface area contributed by atoms with Crippen molar-refractivity contribution in [1.29, 1.82) is 0 Å². The topological polar surface area (TPSA) is 12.0 Å². The lowest BCUT2D eigenvalue weighted by Crippen LogP contribution is -2.47. The first-order chi connectivity index (χ1) is 9.45. The number of aryl methyl sites for hydroxylation is 1. The molecule has 20 heavy (non-hydrogen) atoms. The van der Waals surface area contributed by atoms with Crippen molar-refractivity contribution in [1.82, 2.24) is 5.32 Å². The second kappa shape index (κ2) is 7.09. The summed E-state index contributed by atoms with van der Waals surface area (Å²) in [7, 11) is 0. The first-order valence-electron chi connectivity index (χ1n) is 8.27. The standard InChI is InChI=1S/C18H31NS/c1-12(2)17-9-6-13(3)10-18(17)19-14(4)11-16-8-7-15(5)20-16/h7-8,12-14,17-19H,6,9-11H2,1-5H3. The molecule has 2 rings (SSSR count). The van der Waals surface area contributed by atoms with E-state index >= 15 is 0 Å². The van der Waals surface area contributed by atoms with Crippen LogP contribution < -0.4 is 5.32 Å². The van der Waals surface area contributed by atoms with Crippen molar-refractivity contribution in [2.24, 2.45) is 17.8 Å². The Morgan fingerprint density at radius 2 is 2.00 bits per heavy atom. The van der Waals surface area contributed by atoms with Crippen LogP contribution in [0.15, 0.2) is 12.1 Å². The molecule has 0 amide bonds. The number of thiophene rings is 1. The summed E-state index contributed by atoms with van der Waals surface area (Å²) in [4.78, 5) is 2.95. The molecule has 1 nitrogen and oxygen atoms in total. The predicted octanol–water partition coefficient (Wildman–Crippen LogP) is 5.04. The summed E-state index contributed by atoms with van der Waals surface area (Å²) in [6.07, 6.45) is 5.35. The van der Waals surface area contributed by atoms with E-state index in [1.807, 2.05) is 11.3 Å². The van der Waals surface area contributed by atoms with Crippen molar-refractivity contribution in [3.63, 3.8) is 0 Å². The largest absolute Gasteiger partial charge is 0.311 e. The lowest BCUT2D eigenvalue weighted by Gasteiger charge is -2.39. The Bertz CT molecular complexity index is 409. The van der Waals surface area contributed by atoms with Crippen LogP contribution >= 0.6 is 11.3 Å². The minimum atomic E-state index is 0.588. The van der Waals surface area contributed by atoms with Crippen molar-refractivity contribution in [2.75, 3.05) is 0 Å². The molecule has 0 bridgehead atoms. The maximum absolute atomic E-state index is 3.95. The van der Waals surface area contributed by atoms with Crippen molar-refractivity contribution in [3.05, 3.63) is 21.9 Å². The van der Waals surface area contributed by atoms with Crippen LogP contribution in [0.5, 0.6) is 0 Å². The lowest BCUT2D eigenvalue weighted by atomic mass is 9.74. The van der Waals surface area contributed by atoms with Crippen LogP contribution in [0, 0.1) is 24.7 Å². The third-order valence-electron chi connectivity index (χ3n) is 4.82. The molecule has 0 aromatic carbocycles. The lowest BCUT2D eigenvalue weighted by molar-refractivity contribution is 0.161. The zero-order chi connectivity index (χ0) is 14.7. The Morgan fingerprint density at radius 3 is 2.60 bits per heavy atom. The number of nitrogens with one attached hydrogen (secondary N) is 1. The number of rotatable bonds is 5. The van der Waals surface area contributed by atoms with Crippen molar-refractivity contribution in [3.8, 4) is 0 Å². The Morgan fingerprint density at radius 1 is 1.25 bits per heavy atom. The minimum Gasteiger partial charge on any atom is -0.311 e. The average Bonchev–Trinajstić information content (AvgIpc) is 2.74. The molecule has 2 heteroatoms. The van der Waals surface area contributed by atoms with Crippen LogP contribution in [0.2, 0.25) is 0 Å². The summed E-state index contributed by atoms with van der Waals surface area (Å²) in [6.45, 7) is 11.7. The van der Waals surface area contributed by atoms with Crippen molar-refractivity contribution in [2.45, 2.75) is 72.4 Å². The van der Waals surface area contributed by atoms with E-state index in [4.69, 9.17) is 0 Å². The average molecular weight is 294 g/mol. The van der Waals surface area contributed by atoms with E-state index in [-0.39, 0.29) is 0 Å². The molecule has 4 atom stereocenters. The van der Waals surface area contributed by atoms with Gasteiger partial charge in [-0.25, -0.2) is 0 Å². The third kappa shape index (κ3) is 4.33. The number of hydrogen-bond acceptors (Lipinski definition) is 2. The predicted molar refractivity (Wildman–Crippen MR) is 90.5 cm³/mol. The van der Waals surface area contributed by atoms with Crippen LogP contribution in [0.3, 0.4) is 0 Å². The fourth-order valence-electron chi connectivity index (χ4n) is 3.71. The van der Waals surface area contributed by atoms with E-state index in [0.29, 0.717) is 6.04 Å². The van der Waals surface area contributed by atoms with Crippen molar-refractivity contribution < 1.29 is 0 Å². The molecule has 1 fully saturated rings. The van der Waals surface area contributed by atoms with Gasteiger partial charge in [0.05, 0.1) is 0 Å². The normalized spacial score (nSPS) is 28.8. The molecule has 1 aliphatic carbocycles. The first kappa shape index (κ1) is 16.0. The van der Waals surface area contributed by atoms with E-state index in [0.717, 1.165) is 23.8 Å². The highest BCUT2D eigenvalue weighted by Crippen LogP contribution is 2.33. The summed E-state index contributed by atoms with van der Waals surface area (Å²) >= 11 is 1.95. The molecule has 0 aliphatic heterocycles. The molecule has 1 heterocycles. The summed E-state index contributed by atoms with van der Waals surface area (Å²) in [6, 6.07) is 5.84. The van der Waals surface area contributed by atoms with Crippen LogP contribution in [0.1, 0.15) is 56.7 Å². The van der Waals surface area contributed by atoms with Crippen LogP contribution in [-0.4, -0.2) is 12.1 Å². The summed E-state index contributed by atoms with van der Waals surface area (Å²) in [5.74, 6) is 2.55. The SMILES string of the molecule is Cc1ccc(CC(C)NC2CC(C)CCC2C(C)C)s1. The molecular formula is C18H31NS. The highest BCUT2D eigenvalue weighted by Gasteiger charge is 2.31. The van der Waals surface area contributed by atoms with E-state index in [1.54, 1.807) is 0 Å². The van der Waals surface area contributed by atoms with Crippen LogP contribution in [0.25, 0.3) is 0 Å². The van der Waals surface area contributed by atoms with E-state index in [2.05, 4.69) is 52.1 Å². The molecule has 1 N–H and O–H groups in total. The zero-order valence-corrected chi connectivity index (χ0v) is 14.6. The van der Waals surface area contributed by atoms with E-state index < -0.39 is 0 Å². The fraction of sp³-hybridized carbons (Fsp3) is 0.778. The summed E-state index contributed by atoms with van der Waals surface area (Å²) in [5.41, 5.74) is 0. The van der Waals surface area contributed by atoms with Gasteiger partial charge in [-0.2, -0.15) is 0 Å². The quantitative estimate of drug-likeness (QED) is 0.802. The maximum Gasteiger partial charge on any atom is 0.0103 e. The molecule has 0 saturated heterocycles. The molecule has 1 aromatic heterocycles. The Labute approximate surface area is 129 Å². The van der Waals surface area contributed by atoms with Crippen molar-refractivity contribution >= 4 is 11.3 Å². The Kier molecular flexibility index (Phi) is 5.68. The molecule has 114 valence electrons. The van der Waals surface area contributed by atoms with Gasteiger partial charge in [-0.05, 0) is 63.0 Å². The van der Waals surface area contributed by atoms with Gasteiger partial charge < -0.3 is 5.32 Å². The van der Waals surface area contributed by atoms with Gasteiger partial charge in [-0.1, -0.05) is 27.2 Å². The highest BCUT2D eigenvalue weighted by molar-refractivity contribution is 7.11. The van der Waals surface area contributed by atoms with Gasteiger partial charge in [0.25, 0.3) is 0 Å². The monoisotopic (exact) mass is 293 g/mol. The van der Waals surface area contributed by atoms with Gasteiger partial charge in [0.15, 0.2) is 0 Å². The van der Waals surface area contributed by atoms with Gasteiger partial charge in [0, 0.05) is 21.8 Å². The van der Waals surface area contributed by atoms with Gasteiger partial charge in [-0.15, -0.1) is 11.3 Å². The van der Waals surface area contributed by atoms with Gasteiger partial charge >= 0.3 is 0 Å².